The van der Waals surface area contributed by atoms with Crippen molar-refractivity contribution in [2.75, 3.05) is 0 Å². The Morgan fingerprint density at radius 3 is 2.68 bits per heavy atom. The zero-order valence-electron chi connectivity index (χ0n) is 15.9. The second kappa shape index (κ2) is 7.95. The van der Waals surface area contributed by atoms with Gasteiger partial charge in [-0.15, -0.1) is 0 Å². The number of nitrogens with zero attached hydrogens (tertiary/aromatic N) is 1. The number of hydrogen-bond acceptors (Lipinski definition) is 4. The van der Waals surface area contributed by atoms with Gasteiger partial charge in [-0.2, -0.15) is 5.10 Å². The lowest BCUT2D eigenvalue weighted by Crippen LogP contribution is -2.16. The highest BCUT2D eigenvalue weighted by molar-refractivity contribution is 6.43. The molecule has 7 heteroatoms. The van der Waals surface area contributed by atoms with Crippen molar-refractivity contribution in [2.45, 2.75) is 0 Å². The molecule has 0 unspecified atom stereocenters. The summed E-state index contributed by atoms with van der Waals surface area (Å²) in [6.45, 7) is 0. The van der Waals surface area contributed by atoms with Crippen LogP contribution in [-0.2, 0) is 0 Å². The number of carbonyl (C=O) groups excluding carboxylic acids is 1. The zero-order chi connectivity index (χ0) is 21.4. The van der Waals surface area contributed by atoms with Crippen molar-refractivity contribution in [1.29, 1.82) is 0 Å². The average molecular weight is 449 g/mol. The maximum Gasteiger partial charge on any atom is 0.307 e. The molecule has 2 heterocycles. The van der Waals surface area contributed by atoms with E-state index in [0.717, 1.165) is 16.2 Å². The van der Waals surface area contributed by atoms with Crippen LogP contribution in [-0.4, -0.2) is 12.1 Å². The predicted octanol–water partition coefficient (Wildman–Crippen LogP) is 6.92. The summed E-state index contributed by atoms with van der Waals surface area (Å²) < 4.78 is 11.4. The molecule has 1 N–H and O–H groups in total. The van der Waals surface area contributed by atoms with Gasteiger partial charge in [0.25, 0.3) is 0 Å². The largest absolute Gasteiger partial charge is 0.455 e. The van der Waals surface area contributed by atoms with Gasteiger partial charge in [-0.3, -0.25) is 4.79 Å². The number of carbonyl (C=O) groups is 1. The summed E-state index contributed by atoms with van der Waals surface area (Å²) in [6.07, 6.45) is 1.40. The molecule has 5 nitrogen and oxygen atoms in total. The van der Waals surface area contributed by atoms with E-state index in [9.17, 15) is 4.79 Å². The fourth-order valence-corrected chi connectivity index (χ4v) is 3.77. The highest BCUT2D eigenvalue weighted by atomic mass is 35.5. The van der Waals surface area contributed by atoms with Crippen LogP contribution in [0.2, 0.25) is 10.0 Å². The molecule has 0 aliphatic carbocycles. The third kappa shape index (κ3) is 3.69. The normalized spacial score (nSPS) is 11.5. The molecule has 5 aromatic rings. The van der Waals surface area contributed by atoms with Crippen LogP contribution < -0.4 is 5.43 Å². The Labute approximate surface area is 186 Å². The molecule has 0 fully saturated rings. The van der Waals surface area contributed by atoms with Gasteiger partial charge in [0.15, 0.2) is 5.76 Å². The minimum Gasteiger partial charge on any atom is -0.455 e. The topological polar surface area (TPSA) is 67.7 Å². The van der Waals surface area contributed by atoms with Crippen molar-refractivity contribution in [2.24, 2.45) is 5.10 Å². The number of hydrazone groups is 1. The first-order chi connectivity index (χ1) is 15.1. The highest BCUT2D eigenvalue weighted by Gasteiger charge is 2.14. The Morgan fingerprint density at radius 2 is 1.77 bits per heavy atom. The van der Waals surface area contributed by atoms with Crippen LogP contribution in [0.3, 0.4) is 0 Å². The van der Waals surface area contributed by atoms with Gasteiger partial charge >= 0.3 is 5.91 Å². The standard InChI is InChI=1S/C24H14Cl2N2O3/c25-19-7-3-6-17(23(19)26)20-11-9-15(30-20)13-27-28-24(29)22-12-18-16-5-2-1-4-14(16)8-10-21(18)31-22/h1-13H,(H,28,29)/b27-13+. The molecule has 0 spiro atoms. The Kier molecular flexibility index (Phi) is 4.98. The molecule has 0 saturated heterocycles. The van der Waals surface area contributed by atoms with Crippen molar-refractivity contribution in [3.8, 4) is 11.3 Å². The maximum atomic E-state index is 12.5. The summed E-state index contributed by atoms with van der Waals surface area (Å²) in [5, 5.41) is 7.79. The quantitative estimate of drug-likeness (QED) is 0.239. The Hall–Kier alpha value is -3.54. The Balaban J connectivity index is 1.33. The third-order valence-electron chi connectivity index (χ3n) is 4.85. The SMILES string of the molecule is O=C(N/N=C/c1ccc(-c2cccc(Cl)c2Cl)o1)c1cc2c(ccc3ccccc32)o1. The van der Waals surface area contributed by atoms with E-state index in [1.165, 1.54) is 6.21 Å². The lowest BCUT2D eigenvalue weighted by molar-refractivity contribution is 0.0929. The fourth-order valence-electron chi connectivity index (χ4n) is 3.38. The summed E-state index contributed by atoms with van der Waals surface area (Å²) in [4.78, 5) is 12.5. The first kappa shape index (κ1) is 19.4. The first-order valence-corrected chi connectivity index (χ1v) is 10.1. The van der Waals surface area contributed by atoms with Gasteiger partial charge in [-0.25, -0.2) is 5.43 Å². The number of fused-ring (bicyclic) bond motifs is 3. The minimum atomic E-state index is -0.457. The van der Waals surface area contributed by atoms with Gasteiger partial charge in [-0.1, -0.05) is 59.6 Å². The third-order valence-corrected chi connectivity index (χ3v) is 5.67. The van der Waals surface area contributed by atoms with Crippen molar-refractivity contribution in [1.82, 2.24) is 5.43 Å². The van der Waals surface area contributed by atoms with E-state index in [0.29, 0.717) is 32.7 Å². The van der Waals surface area contributed by atoms with E-state index in [2.05, 4.69) is 10.5 Å². The van der Waals surface area contributed by atoms with Gasteiger partial charge in [0.2, 0.25) is 0 Å². The Morgan fingerprint density at radius 1 is 0.903 bits per heavy atom. The number of halogens is 2. The van der Waals surface area contributed by atoms with Crippen LogP contribution in [0.1, 0.15) is 16.3 Å². The minimum absolute atomic E-state index is 0.175. The molecule has 0 radical (unpaired) electrons. The number of hydrogen-bond donors (Lipinski definition) is 1. The number of furan rings is 2. The van der Waals surface area contributed by atoms with Gasteiger partial charge in [-0.05, 0) is 47.2 Å². The molecule has 31 heavy (non-hydrogen) atoms. The molecule has 0 saturated carbocycles. The van der Waals surface area contributed by atoms with Crippen LogP contribution in [0.5, 0.6) is 0 Å². The summed E-state index contributed by atoms with van der Waals surface area (Å²) in [5.74, 6) is 0.710. The van der Waals surface area contributed by atoms with Crippen molar-refractivity contribution in [3.05, 3.63) is 94.4 Å². The van der Waals surface area contributed by atoms with Crippen LogP contribution in [0.25, 0.3) is 33.1 Å². The molecular formula is C24H14Cl2N2O3. The first-order valence-electron chi connectivity index (χ1n) is 9.39. The monoisotopic (exact) mass is 448 g/mol. The number of amides is 1. The number of rotatable bonds is 4. The molecule has 5 rings (SSSR count). The molecule has 0 aliphatic rings. The van der Waals surface area contributed by atoms with Crippen molar-refractivity contribution in [3.63, 3.8) is 0 Å². The highest BCUT2D eigenvalue weighted by Crippen LogP contribution is 2.34. The lowest BCUT2D eigenvalue weighted by atomic mass is 10.1. The second-order valence-corrected chi connectivity index (χ2v) is 7.60. The molecule has 1 amide bonds. The number of benzene rings is 3. The molecule has 0 atom stereocenters. The van der Waals surface area contributed by atoms with Crippen LogP contribution in [0.15, 0.2) is 86.7 Å². The lowest BCUT2D eigenvalue weighted by Gasteiger charge is -2.01. The fraction of sp³-hybridized carbons (Fsp3) is 0. The van der Waals surface area contributed by atoms with Gasteiger partial charge in [0.1, 0.15) is 17.1 Å². The van der Waals surface area contributed by atoms with Gasteiger partial charge < -0.3 is 8.83 Å². The summed E-state index contributed by atoms with van der Waals surface area (Å²) in [6, 6.07) is 22.2. The summed E-state index contributed by atoms with van der Waals surface area (Å²) in [5.41, 5.74) is 3.77. The summed E-state index contributed by atoms with van der Waals surface area (Å²) in [7, 11) is 0. The second-order valence-electron chi connectivity index (χ2n) is 6.81. The zero-order valence-corrected chi connectivity index (χ0v) is 17.4. The van der Waals surface area contributed by atoms with Gasteiger partial charge in [0.05, 0.1) is 16.3 Å². The summed E-state index contributed by atoms with van der Waals surface area (Å²) >= 11 is 12.3. The van der Waals surface area contributed by atoms with Crippen molar-refractivity contribution < 1.29 is 13.6 Å². The van der Waals surface area contributed by atoms with E-state index in [-0.39, 0.29) is 5.76 Å². The maximum absolute atomic E-state index is 12.5. The molecule has 0 bridgehead atoms. The molecule has 3 aromatic carbocycles. The molecular weight excluding hydrogens is 435 g/mol. The molecule has 2 aromatic heterocycles. The van der Waals surface area contributed by atoms with E-state index >= 15 is 0 Å². The average Bonchev–Trinajstić information content (AvgIpc) is 3.43. The van der Waals surface area contributed by atoms with Crippen molar-refractivity contribution >= 4 is 57.1 Å². The smallest absolute Gasteiger partial charge is 0.307 e. The van der Waals surface area contributed by atoms with Gasteiger partial charge in [0, 0.05) is 10.9 Å². The van der Waals surface area contributed by atoms with E-state index in [4.69, 9.17) is 32.0 Å². The van der Waals surface area contributed by atoms with Crippen LogP contribution in [0, 0.1) is 0 Å². The Bertz CT molecular complexity index is 1470. The molecule has 0 aliphatic heterocycles. The van der Waals surface area contributed by atoms with Crippen LogP contribution >= 0.6 is 23.2 Å². The van der Waals surface area contributed by atoms with E-state index in [1.54, 1.807) is 36.4 Å². The predicted molar refractivity (Wildman–Crippen MR) is 123 cm³/mol. The van der Waals surface area contributed by atoms with E-state index < -0.39 is 5.91 Å². The van der Waals surface area contributed by atoms with E-state index in [1.807, 2.05) is 36.4 Å². The van der Waals surface area contributed by atoms with Crippen LogP contribution in [0.4, 0.5) is 0 Å². The number of nitrogens with one attached hydrogen (secondary N) is 1. The molecule has 152 valence electrons.